The van der Waals surface area contributed by atoms with E-state index in [-0.39, 0.29) is 0 Å². The second-order valence-electron chi connectivity index (χ2n) is 4.55. The predicted molar refractivity (Wildman–Crippen MR) is 77.5 cm³/mol. The molecule has 1 heterocycles. The smallest absolute Gasteiger partial charge is 0.112 e. The van der Waals surface area contributed by atoms with Gasteiger partial charge in [-0.1, -0.05) is 50.2 Å². The van der Waals surface area contributed by atoms with Crippen molar-refractivity contribution in [3.63, 3.8) is 0 Å². The first-order chi connectivity index (χ1) is 9.40. The maximum Gasteiger partial charge on any atom is 0.112 e. The number of hydrogen-bond acceptors (Lipinski definition) is 2. The van der Waals surface area contributed by atoms with Gasteiger partial charge >= 0.3 is 0 Å². The van der Waals surface area contributed by atoms with Crippen LogP contribution >= 0.6 is 0 Å². The topological polar surface area (TPSA) is 41.6 Å². The van der Waals surface area contributed by atoms with Crippen molar-refractivity contribution < 1.29 is 0 Å². The van der Waals surface area contributed by atoms with E-state index in [0.717, 1.165) is 23.2 Å². The summed E-state index contributed by atoms with van der Waals surface area (Å²) in [6, 6.07) is 8.12. The fraction of sp³-hybridized carbons (Fsp3) is 0.375. The van der Waals surface area contributed by atoms with E-state index in [1.54, 1.807) is 6.20 Å². The molecular formula is C16H19N3. The number of aromatic nitrogens is 3. The lowest BCUT2D eigenvalue weighted by atomic mass is 10.1. The number of unbranched alkanes of at least 4 members (excludes halogenated alkanes) is 4. The monoisotopic (exact) mass is 253 g/mol. The van der Waals surface area contributed by atoms with Crippen molar-refractivity contribution in [3.8, 4) is 23.1 Å². The van der Waals surface area contributed by atoms with Crippen LogP contribution in [0.15, 0.2) is 30.5 Å². The summed E-state index contributed by atoms with van der Waals surface area (Å²) in [5.41, 5.74) is 2.98. The highest BCUT2D eigenvalue weighted by molar-refractivity contribution is 5.58. The molecule has 0 aliphatic rings. The fourth-order valence-electron chi connectivity index (χ4n) is 1.87. The minimum absolute atomic E-state index is 0.860. The average molecular weight is 253 g/mol. The molecule has 0 amide bonds. The molecule has 3 nitrogen and oxygen atoms in total. The number of benzene rings is 1. The van der Waals surface area contributed by atoms with E-state index in [2.05, 4.69) is 34.2 Å². The summed E-state index contributed by atoms with van der Waals surface area (Å²) in [5, 5.41) is 10.5. The normalized spacial score (nSPS) is 9.95. The van der Waals surface area contributed by atoms with Gasteiger partial charge in [0.1, 0.15) is 5.69 Å². The zero-order chi connectivity index (χ0) is 13.3. The first-order valence-electron chi connectivity index (χ1n) is 6.85. The highest BCUT2D eigenvalue weighted by atomic mass is 15.3. The van der Waals surface area contributed by atoms with Gasteiger partial charge in [0.05, 0.1) is 6.20 Å². The summed E-state index contributed by atoms with van der Waals surface area (Å²) >= 11 is 0. The number of nitrogens with zero attached hydrogens (tertiary/aromatic N) is 2. The molecule has 0 saturated heterocycles. The van der Waals surface area contributed by atoms with Crippen LogP contribution in [0.3, 0.4) is 0 Å². The molecule has 19 heavy (non-hydrogen) atoms. The summed E-state index contributed by atoms with van der Waals surface area (Å²) in [6.45, 7) is 2.22. The van der Waals surface area contributed by atoms with E-state index in [0.29, 0.717) is 0 Å². The van der Waals surface area contributed by atoms with E-state index in [9.17, 15) is 0 Å². The number of rotatable bonds is 5. The Morgan fingerprint density at radius 1 is 1.11 bits per heavy atom. The van der Waals surface area contributed by atoms with Crippen molar-refractivity contribution in [2.24, 2.45) is 0 Å². The third-order valence-electron chi connectivity index (χ3n) is 2.98. The highest BCUT2D eigenvalue weighted by Gasteiger charge is 1.99. The van der Waals surface area contributed by atoms with Gasteiger partial charge in [-0.3, -0.25) is 0 Å². The van der Waals surface area contributed by atoms with Crippen LogP contribution in [-0.4, -0.2) is 15.4 Å². The molecule has 0 bridgehead atoms. The van der Waals surface area contributed by atoms with Gasteiger partial charge in [-0.2, -0.15) is 15.4 Å². The van der Waals surface area contributed by atoms with E-state index < -0.39 is 0 Å². The number of aromatic amines is 1. The SMILES string of the molecule is CCCCCCC#Cc1ccc(-c2cn[nH]n2)cc1. The molecule has 0 radical (unpaired) electrons. The maximum atomic E-state index is 4.05. The first-order valence-corrected chi connectivity index (χ1v) is 6.85. The molecule has 0 saturated carbocycles. The minimum atomic E-state index is 0.860. The molecule has 0 fully saturated rings. The quantitative estimate of drug-likeness (QED) is 0.650. The van der Waals surface area contributed by atoms with Gasteiger partial charge in [0.2, 0.25) is 0 Å². The van der Waals surface area contributed by atoms with Gasteiger partial charge in [0.15, 0.2) is 0 Å². The molecule has 98 valence electrons. The van der Waals surface area contributed by atoms with Crippen LogP contribution < -0.4 is 0 Å². The van der Waals surface area contributed by atoms with Gasteiger partial charge in [-0.15, -0.1) is 0 Å². The third kappa shape index (κ3) is 4.26. The van der Waals surface area contributed by atoms with Crippen LogP contribution in [0.4, 0.5) is 0 Å². The van der Waals surface area contributed by atoms with Crippen LogP contribution in [0.25, 0.3) is 11.3 Å². The van der Waals surface area contributed by atoms with Crippen molar-refractivity contribution in [2.75, 3.05) is 0 Å². The molecule has 1 aromatic carbocycles. The zero-order valence-electron chi connectivity index (χ0n) is 11.3. The molecule has 1 aromatic heterocycles. The molecule has 0 unspecified atom stereocenters. The van der Waals surface area contributed by atoms with Crippen LogP contribution in [0.2, 0.25) is 0 Å². The van der Waals surface area contributed by atoms with Gasteiger partial charge < -0.3 is 0 Å². The largest absolute Gasteiger partial charge is 0.197 e. The van der Waals surface area contributed by atoms with Crippen LogP contribution in [0.5, 0.6) is 0 Å². The number of hydrogen-bond donors (Lipinski definition) is 1. The Morgan fingerprint density at radius 3 is 2.63 bits per heavy atom. The van der Waals surface area contributed by atoms with E-state index in [4.69, 9.17) is 0 Å². The van der Waals surface area contributed by atoms with Crippen molar-refractivity contribution in [3.05, 3.63) is 36.0 Å². The Kier molecular flexibility index (Phi) is 5.18. The summed E-state index contributed by atoms with van der Waals surface area (Å²) < 4.78 is 0. The molecule has 3 heteroatoms. The van der Waals surface area contributed by atoms with Crippen molar-refractivity contribution in [1.29, 1.82) is 0 Å². The number of nitrogens with one attached hydrogen (secondary N) is 1. The Bertz CT molecular complexity index is 530. The lowest BCUT2D eigenvalue weighted by Crippen LogP contribution is -1.80. The van der Waals surface area contributed by atoms with Crippen molar-refractivity contribution in [2.45, 2.75) is 39.0 Å². The number of H-pyrrole nitrogens is 1. The molecule has 0 aliphatic heterocycles. The second-order valence-corrected chi connectivity index (χ2v) is 4.55. The van der Waals surface area contributed by atoms with Crippen LogP contribution in [0, 0.1) is 11.8 Å². The van der Waals surface area contributed by atoms with E-state index in [1.807, 2.05) is 24.3 Å². The minimum Gasteiger partial charge on any atom is -0.197 e. The Hall–Kier alpha value is -2.08. The molecule has 2 aromatic rings. The summed E-state index contributed by atoms with van der Waals surface area (Å²) in [6.07, 6.45) is 7.79. The highest BCUT2D eigenvalue weighted by Crippen LogP contribution is 2.15. The molecule has 0 aliphatic carbocycles. The second kappa shape index (κ2) is 7.38. The Morgan fingerprint density at radius 2 is 1.95 bits per heavy atom. The lowest BCUT2D eigenvalue weighted by molar-refractivity contribution is 0.679. The molecular weight excluding hydrogens is 234 g/mol. The molecule has 0 atom stereocenters. The van der Waals surface area contributed by atoms with Crippen molar-refractivity contribution in [1.82, 2.24) is 15.4 Å². The third-order valence-corrected chi connectivity index (χ3v) is 2.98. The Balaban J connectivity index is 1.87. The van der Waals surface area contributed by atoms with E-state index >= 15 is 0 Å². The summed E-state index contributed by atoms with van der Waals surface area (Å²) in [4.78, 5) is 0. The zero-order valence-corrected chi connectivity index (χ0v) is 11.3. The van der Waals surface area contributed by atoms with Gasteiger partial charge in [-0.25, -0.2) is 0 Å². The van der Waals surface area contributed by atoms with E-state index in [1.165, 1.54) is 25.7 Å². The fourth-order valence-corrected chi connectivity index (χ4v) is 1.87. The first kappa shape index (κ1) is 13.4. The predicted octanol–water partition coefficient (Wildman–Crippen LogP) is 3.79. The maximum absolute atomic E-state index is 4.05. The lowest BCUT2D eigenvalue weighted by Gasteiger charge is -1.95. The molecule has 0 spiro atoms. The van der Waals surface area contributed by atoms with Gasteiger partial charge in [0.25, 0.3) is 0 Å². The standard InChI is InChI=1S/C16H19N3/c1-2-3-4-5-6-7-8-14-9-11-15(12-10-14)16-13-17-19-18-16/h9-13H,2-6H2,1H3,(H,17,18,19). The van der Waals surface area contributed by atoms with Crippen molar-refractivity contribution >= 4 is 0 Å². The van der Waals surface area contributed by atoms with Crippen LogP contribution in [0.1, 0.15) is 44.6 Å². The van der Waals surface area contributed by atoms with Crippen LogP contribution in [-0.2, 0) is 0 Å². The summed E-state index contributed by atoms with van der Waals surface area (Å²) in [7, 11) is 0. The van der Waals surface area contributed by atoms with Gasteiger partial charge in [-0.05, 0) is 18.6 Å². The molecule has 1 N–H and O–H groups in total. The average Bonchev–Trinajstić information content (AvgIpc) is 2.97. The van der Waals surface area contributed by atoms with Gasteiger partial charge in [0, 0.05) is 17.5 Å². The Labute approximate surface area is 114 Å². The molecule has 2 rings (SSSR count). The summed E-state index contributed by atoms with van der Waals surface area (Å²) in [5.74, 6) is 6.43.